The highest BCUT2D eigenvalue weighted by molar-refractivity contribution is 5.84. The molecule has 0 bridgehead atoms. The molecule has 1 aliphatic heterocycles. The van der Waals surface area contributed by atoms with Crippen molar-refractivity contribution in [3.63, 3.8) is 0 Å². The molecule has 4 rings (SSSR count). The van der Waals surface area contributed by atoms with Crippen molar-refractivity contribution in [2.24, 2.45) is 5.92 Å². The number of aromatic nitrogens is 1. The molecular weight excluding hydrogens is 342 g/mol. The molecule has 27 heavy (non-hydrogen) atoms. The van der Waals surface area contributed by atoms with Crippen LogP contribution in [0.3, 0.4) is 0 Å². The Kier molecular flexibility index (Phi) is 5.83. The molecule has 1 aromatic heterocycles. The topological polar surface area (TPSA) is 74.9 Å². The molecule has 2 aliphatic rings. The summed E-state index contributed by atoms with van der Waals surface area (Å²) in [7, 11) is 0. The van der Waals surface area contributed by atoms with E-state index in [1.165, 1.54) is 44.9 Å². The lowest BCUT2D eigenvalue weighted by atomic mass is 9.91. The van der Waals surface area contributed by atoms with Gasteiger partial charge in [-0.05, 0) is 24.8 Å². The van der Waals surface area contributed by atoms with Crippen LogP contribution in [0.2, 0.25) is 0 Å². The number of fused-ring (bicyclic) bond motifs is 1. The van der Waals surface area contributed by atoms with Crippen LogP contribution >= 0.6 is 0 Å². The quantitative estimate of drug-likeness (QED) is 0.773. The fraction of sp³-hybridized carbons (Fsp3) is 0.636. The summed E-state index contributed by atoms with van der Waals surface area (Å²) in [6, 6.07) is 8.19. The molecule has 148 valence electrons. The van der Waals surface area contributed by atoms with E-state index in [-0.39, 0.29) is 6.61 Å². The van der Waals surface area contributed by atoms with Crippen LogP contribution in [-0.4, -0.2) is 44.8 Å². The summed E-state index contributed by atoms with van der Waals surface area (Å²) in [5, 5.41) is 31.4. The highest BCUT2D eigenvalue weighted by atomic mass is 16.5. The first-order valence-corrected chi connectivity index (χ1v) is 10.4. The largest absolute Gasteiger partial charge is 0.388 e. The number of aliphatic hydroxyl groups excluding tert-OH is 3. The van der Waals surface area contributed by atoms with E-state index < -0.39 is 24.4 Å². The van der Waals surface area contributed by atoms with E-state index in [4.69, 9.17) is 4.74 Å². The lowest BCUT2D eigenvalue weighted by Crippen LogP contribution is -2.48. The van der Waals surface area contributed by atoms with E-state index in [1.807, 2.05) is 18.2 Å². The van der Waals surface area contributed by atoms with Crippen molar-refractivity contribution in [2.45, 2.75) is 75.9 Å². The van der Waals surface area contributed by atoms with Crippen molar-refractivity contribution in [3.8, 4) is 0 Å². The summed E-state index contributed by atoms with van der Waals surface area (Å²) in [4.78, 5) is 0. The van der Waals surface area contributed by atoms with E-state index >= 15 is 0 Å². The van der Waals surface area contributed by atoms with Crippen LogP contribution in [0.15, 0.2) is 30.5 Å². The number of hydrogen-bond donors (Lipinski definition) is 3. The molecule has 3 N–H and O–H groups in total. The SMILES string of the molecule is O[C@@H]1[C@@H](O)[C@H](c2cn(CC3CCCCCCC3)c3ccccc23)OC[C@H]1O. The van der Waals surface area contributed by atoms with Gasteiger partial charge in [-0.2, -0.15) is 0 Å². The number of nitrogens with zero attached hydrogens (tertiary/aromatic N) is 1. The monoisotopic (exact) mass is 373 g/mol. The second kappa shape index (κ2) is 8.31. The molecular formula is C22H31NO4. The summed E-state index contributed by atoms with van der Waals surface area (Å²) < 4.78 is 8.03. The Bertz CT molecular complexity index is 750. The fourth-order valence-corrected chi connectivity index (χ4v) is 4.73. The Morgan fingerprint density at radius 3 is 2.41 bits per heavy atom. The third-order valence-electron chi connectivity index (χ3n) is 6.31. The standard InChI is InChI=1S/C22H31NO4/c24-19-14-27-22(21(26)20(19)25)17-13-23(18-11-7-6-10-16(17)18)12-15-8-4-2-1-3-5-9-15/h6-7,10-11,13,15,19-22,24-26H,1-5,8-9,12,14H2/t19-,20+,21-,22+/m1/s1. The zero-order valence-corrected chi connectivity index (χ0v) is 15.8. The van der Waals surface area contributed by atoms with Crippen LogP contribution in [0.1, 0.15) is 56.6 Å². The summed E-state index contributed by atoms with van der Waals surface area (Å²) in [6.45, 7) is 1.01. The van der Waals surface area contributed by atoms with Crippen molar-refractivity contribution in [3.05, 3.63) is 36.0 Å². The normalized spacial score (nSPS) is 30.9. The maximum Gasteiger partial charge on any atom is 0.113 e. The second-order valence-electron chi connectivity index (χ2n) is 8.27. The van der Waals surface area contributed by atoms with Gasteiger partial charge >= 0.3 is 0 Å². The molecule has 1 aromatic carbocycles. The lowest BCUT2D eigenvalue weighted by molar-refractivity contribution is -0.188. The van der Waals surface area contributed by atoms with Crippen molar-refractivity contribution in [1.29, 1.82) is 0 Å². The average Bonchev–Trinajstić information content (AvgIpc) is 3.01. The van der Waals surface area contributed by atoms with Crippen LogP contribution in [0.4, 0.5) is 0 Å². The smallest absolute Gasteiger partial charge is 0.113 e. The summed E-state index contributed by atoms with van der Waals surface area (Å²) >= 11 is 0. The van der Waals surface area contributed by atoms with Crippen LogP contribution in [0, 0.1) is 5.92 Å². The van der Waals surface area contributed by atoms with E-state index in [9.17, 15) is 15.3 Å². The summed E-state index contributed by atoms with van der Waals surface area (Å²) in [5.41, 5.74) is 2.04. The van der Waals surface area contributed by atoms with E-state index in [0.717, 1.165) is 23.0 Å². The van der Waals surface area contributed by atoms with Gasteiger partial charge in [-0.25, -0.2) is 0 Å². The van der Waals surface area contributed by atoms with Gasteiger partial charge in [-0.1, -0.05) is 50.3 Å². The zero-order valence-electron chi connectivity index (χ0n) is 15.8. The predicted molar refractivity (Wildman–Crippen MR) is 104 cm³/mol. The lowest BCUT2D eigenvalue weighted by Gasteiger charge is -2.35. The maximum atomic E-state index is 10.5. The molecule has 2 aromatic rings. The third kappa shape index (κ3) is 3.92. The average molecular weight is 373 g/mol. The highest BCUT2D eigenvalue weighted by Gasteiger charge is 2.39. The minimum Gasteiger partial charge on any atom is -0.388 e. The summed E-state index contributed by atoms with van der Waals surface area (Å²) in [5.74, 6) is 0.679. The molecule has 0 unspecified atom stereocenters. The molecule has 2 heterocycles. The van der Waals surface area contributed by atoms with E-state index in [2.05, 4.69) is 16.8 Å². The molecule has 4 atom stereocenters. The molecule has 0 spiro atoms. The van der Waals surface area contributed by atoms with Gasteiger partial charge in [0.05, 0.1) is 6.61 Å². The maximum absolute atomic E-state index is 10.5. The Morgan fingerprint density at radius 1 is 0.926 bits per heavy atom. The molecule has 5 heteroatoms. The number of para-hydroxylation sites is 1. The Morgan fingerprint density at radius 2 is 1.63 bits per heavy atom. The first kappa shape index (κ1) is 18.9. The minimum atomic E-state index is -1.18. The molecule has 0 radical (unpaired) electrons. The molecule has 0 amide bonds. The van der Waals surface area contributed by atoms with Crippen LogP contribution < -0.4 is 0 Å². The number of hydrogen-bond acceptors (Lipinski definition) is 4. The highest BCUT2D eigenvalue weighted by Crippen LogP contribution is 2.36. The van der Waals surface area contributed by atoms with Crippen LogP contribution in [0.5, 0.6) is 0 Å². The van der Waals surface area contributed by atoms with E-state index in [0.29, 0.717) is 5.92 Å². The van der Waals surface area contributed by atoms with Crippen molar-refractivity contribution >= 4 is 10.9 Å². The molecule has 1 saturated carbocycles. The van der Waals surface area contributed by atoms with Gasteiger partial charge in [0.25, 0.3) is 0 Å². The van der Waals surface area contributed by atoms with Gasteiger partial charge < -0.3 is 24.6 Å². The summed E-state index contributed by atoms with van der Waals surface area (Å²) in [6.07, 6.45) is 7.34. The third-order valence-corrected chi connectivity index (χ3v) is 6.31. The van der Waals surface area contributed by atoms with Gasteiger partial charge in [0.2, 0.25) is 0 Å². The van der Waals surface area contributed by atoms with Gasteiger partial charge in [0, 0.05) is 29.2 Å². The second-order valence-corrected chi connectivity index (χ2v) is 8.27. The van der Waals surface area contributed by atoms with Crippen molar-refractivity contribution in [1.82, 2.24) is 4.57 Å². The van der Waals surface area contributed by atoms with E-state index in [1.54, 1.807) is 0 Å². The molecule has 5 nitrogen and oxygen atoms in total. The molecule has 1 saturated heterocycles. The molecule has 2 fully saturated rings. The van der Waals surface area contributed by atoms with Crippen LogP contribution in [-0.2, 0) is 11.3 Å². The first-order valence-electron chi connectivity index (χ1n) is 10.4. The Balaban J connectivity index is 1.63. The minimum absolute atomic E-state index is 0.0328. The first-order chi connectivity index (χ1) is 13.1. The number of rotatable bonds is 3. The Labute approximate surface area is 160 Å². The Hall–Kier alpha value is -1.40. The molecule has 1 aliphatic carbocycles. The van der Waals surface area contributed by atoms with Gasteiger partial charge in [-0.15, -0.1) is 0 Å². The zero-order chi connectivity index (χ0) is 18.8. The van der Waals surface area contributed by atoms with Gasteiger partial charge in [0.1, 0.15) is 24.4 Å². The van der Waals surface area contributed by atoms with Crippen LogP contribution in [0.25, 0.3) is 10.9 Å². The van der Waals surface area contributed by atoms with Crippen molar-refractivity contribution in [2.75, 3.05) is 6.61 Å². The number of ether oxygens (including phenoxy) is 1. The number of aliphatic hydroxyl groups is 3. The van der Waals surface area contributed by atoms with Crippen molar-refractivity contribution < 1.29 is 20.1 Å². The van der Waals surface area contributed by atoms with Gasteiger partial charge in [0.15, 0.2) is 0 Å². The van der Waals surface area contributed by atoms with Gasteiger partial charge in [-0.3, -0.25) is 0 Å². The fourth-order valence-electron chi connectivity index (χ4n) is 4.73. The number of benzene rings is 1. The predicted octanol–water partition coefficient (Wildman–Crippen LogP) is 3.16.